The summed E-state index contributed by atoms with van der Waals surface area (Å²) in [6.07, 6.45) is 0. The Labute approximate surface area is 130 Å². The first-order chi connectivity index (χ1) is 10.6. The number of benzene rings is 2. The number of hydrogen-bond donors (Lipinski definition) is 0. The summed E-state index contributed by atoms with van der Waals surface area (Å²) in [6, 6.07) is 11.7. The summed E-state index contributed by atoms with van der Waals surface area (Å²) in [5, 5.41) is 2.09. The third kappa shape index (κ3) is 4.01. The molecule has 2 aromatic carbocycles. The quantitative estimate of drug-likeness (QED) is 0.444. The van der Waals surface area contributed by atoms with Crippen molar-refractivity contribution in [2.45, 2.75) is 13.8 Å². The van der Waals surface area contributed by atoms with E-state index in [0.29, 0.717) is 18.8 Å². The van der Waals surface area contributed by atoms with Crippen molar-refractivity contribution in [2.75, 3.05) is 19.8 Å². The van der Waals surface area contributed by atoms with E-state index in [1.165, 1.54) is 0 Å². The van der Waals surface area contributed by atoms with E-state index in [1.54, 1.807) is 6.92 Å². The van der Waals surface area contributed by atoms with Gasteiger partial charge in [0.1, 0.15) is 24.7 Å². The van der Waals surface area contributed by atoms with Gasteiger partial charge in [-0.05, 0) is 43.5 Å². The first-order valence-electron chi connectivity index (χ1n) is 7.23. The number of carbonyl (C=O) groups excluding carboxylic acids is 1. The van der Waals surface area contributed by atoms with Crippen molar-refractivity contribution in [3.63, 3.8) is 0 Å². The molecule has 116 valence electrons. The molecule has 4 nitrogen and oxygen atoms in total. The minimum Gasteiger partial charge on any atom is -0.493 e. The van der Waals surface area contributed by atoms with Crippen LogP contribution in [0, 0.1) is 0 Å². The largest absolute Gasteiger partial charge is 0.493 e. The first kappa shape index (κ1) is 15.9. The van der Waals surface area contributed by atoms with Gasteiger partial charge in [-0.3, -0.25) is 0 Å². The zero-order valence-electron chi connectivity index (χ0n) is 12.9. The van der Waals surface area contributed by atoms with Crippen molar-refractivity contribution < 1.29 is 19.0 Å². The molecule has 2 aromatic rings. The van der Waals surface area contributed by atoms with Crippen molar-refractivity contribution in [1.82, 2.24) is 0 Å². The molecular weight excluding hydrogens is 280 g/mol. The van der Waals surface area contributed by atoms with Gasteiger partial charge < -0.3 is 14.2 Å². The molecule has 0 aliphatic rings. The lowest BCUT2D eigenvalue weighted by Gasteiger charge is -2.10. The summed E-state index contributed by atoms with van der Waals surface area (Å²) in [6.45, 7) is 8.23. The molecule has 0 spiro atoms. The Morgan fingerprint density at radius 2 is 1.95 bits per heavy atom. The second-order valence-electron chi connectivity index (χ2n) is 4.84. The van der Waals surface area contributed by atoms with Crippen molar-refractivity contribution in [2.24, 2.45) is 0 Å². The van der Waals surface area contributed by atoms with Crippen molar-refractivity contribution >= 4 is 16.7 Å². The summed E-state index contributed by atoms with van der Waals surface area (Å²) in [7, 11) is 0. The Bertz CT molecular complexity index is 676. The number of carbonyl (C=O) groups is 1. The molecule has 0 radical (unpaired) electrons. The maximum atomic E-state index is 11.2. The summed E-state index contributed by atoms with van der Waals surface area (Å²) in [5.41, 5.74) is 0.383. The standard InChI is InChI=1S/C18H20O4/c1-4-20-17-7-5-6-14-12-15(8-9-16(14)17)21-10-11-22-18(19)13(2)3/h5-9,12H,2,4,10-11H2,1,3H3. The highest BCUT2D eigenvalue weighted by atomic mass is 16.6. The second kappa shape index (κ2) is 7.50. The Morgan fingerprint density at radius 1 is 1.14 bits per heavy atom. The Kier molecular flexibility index (Phi) is 5.42. The van der Waals surface area contributed by atoms with Crippen molar-refractivity contribution in [1.29, 1.82) is 0 Å². The fourth-order valence-electron chi connectivity index (χ4n) is 2.02. The van der Waals surface area contributed by atoms with Crippen LogP contribution in [0.4, 0.5) is 0 Å². The Balaban J connectivity index is 1.98. The molecule has 0 aromatic heterocycles. The molecule has 0 fully saturated rings. The minimum atomic E-state index is -0.400. The lowest BCUT2D eigenvalue weighted by molar-refractivity contribution is -0.139. The van der Waals surface area contributed by atoms with Gasteiger partial charge >= 0.3 is 5.97 Å². The smallest absolute Gasteiger partial charge is 0.333 e. The van der Waals surface area contributed by atoms with Gasteiger partial charge in [0.15, 0.2) is 0 Å². The summed E-state index contributed by atoms with van der Waals surface area (Å²) < 4.78 is 16.2. The van der Waals surface area contributed by atoms with Gasteiger partial charge in [0, 0.05) is 11.0 Å². The zero-order valence-corrected chi connectivity index (χ0v) is 12.9. The normalized spacial score (nSPS) is 10.3. The topological polar surface area (TPSA) is 44.8 Å². The van der Waals surface area contributed by atoms with Crippen LogP contribution in [0.3, 0.4) is 0 Å². The van der Waals surface area contributed by atoms with Crippen LogP contribution in [0.15, 0.2) is 48.6 Å². The van der Waals surface area contributed by atoms with Crippen LogP contribution in [-0.4, -0.2) is 25.8 Å². The maximum Gasteiger partial charge on any atom is 0.333 e. The molecule has 0 bridgehead atoms. The molecule has 22 heavy (non-hydrogen) atoms. The lowest BCUT2D eigenvalue weighted by Crippen LogP contribution is -2.12. The van der Waals surface area contributed by atoms with Crippen molar-refractivity contribution in [3.05, 3.63) is 48.6 Å². The number of ether oxygens (including phenoxy) is 3. The fraction of sp³-hybridized carbons (Fsp3) is 0.278. The Hall–Kier alpha value is -2.49. The summed E-state index contributed by atoms with van der Waals surface area (Å²) in [4.78, 5) is 11.2. The van der Waals surface area contributed by atoms with Gasteiger partial charge in [0.05, 0.1) is 6.61 Å². The summed E-state index contributed by atoms with van der Waals surface area (Å²) >= 11 is 0. The number of hydrogen-bond acceptors (Lipinski definition) is 4. The van der Waals surface area contributed by atoms with Gasteiger partial charge in [-0.15, -0.1) is 0 Å². The van der Waals surface area contributed by atoms with Crippen LogP contribution < -0.4 is 9.47 Å². The SMILES string of the molecule is C=C(C)C(=O)OCCOc1ccc2c(OCC)cccc2c1. The molecule has 0 N–H and O–H groups in total. The lowest BCUT2D eigenvalue weighted by atomic mass is 10.1. The summed E-state index contributed by atoms with van der Waals surface area (Å²) in [5.74, 6) is 1.19. The van der Waals surface area contributed by atoms with Crippen molar-refractivity contribution in [3.8, 4) is 11.5 Å². The molecule has 0 atom stereocenters. The average molecular weight is 300 g/mol. The second-order valence-corrected chi connectivity index (χ2v) is 4.84. The molecule has 2 rings (SSSR count). The van der Waals surface area contributed by atoms with Gasteiger partial charge in [0.25, 0.3) is 0 Å². The van der Waals surface area contributed by atoms with E-state index in [9.17, 15) is 4.79 Å². The minimum absolute atomic E-state index is 0.197. The van der Waals surface area contributed by atoms with Gasteiger partial charge in [0.2, 0.25) is 0 Å². The van der Waals surface area contributed by atoms with E-state index >= 15 is 0 Å². The molecule has 0 saturated carbocycles. The van der Waals surface area contributed by atoms with Crippen LogP contribution in [0.2, 0.25) is 0 Å². The van der Waals surface area contributed by atoms with E-state index in [1.807, 2.05) is 43.3 Å². The molecule has 4 heteroatoms. The first-order valence-corrected chi connectivity index (χ1v) is 7.23. The van der Waals surface area contributed by atoms with E-state index in [4.69, 9.17) is 14.2 Å². The van der Waals surface area contributed by atoms with E-state index in [-0.39, 0.29) is 6.61 Å². The van der Waals surface area contributed by atoms with Crippen LogP contribution in [0.1, 0.15) is 13.8 Å². The highest BCUT2D eigenvalue weighted by Crippen LogP contribution is 2.28. The predicted molar refractivity (Wildman–Crippen MR) is 86.4 cm³/mol. The fourth-order valence-corrected chi connectivity index (χ4v) is 2.02. The van der Waals surface area contributed by atoms with Crippen LogP contribution in [-0.2, 0) is 9.53 Å². The molecule has 0 saturated heterocycles. The Morgan fingerprint density at radius 3 is 2.68 bits per heavy atom. The van der Waals surface area contributed by atoms with E-state index in [0.717, 1.165) is 22.3 Å². The van der Waals surface area contributed by atoms with Gasteiger partial charge in [-0.1, -0.05) is 18.7 Å². The highest BCUT2D eigenvalue weighted by molar-refractivity contribution is 5.89. The molecule has 0 aliphatic heterocycles. The molecule has 0 amide bonds. The average Bonchev–Trinajstić information content (AvgIpc) is 2.51. The van der Waals surface area contributed by atoms with Gasteiger partial charge in [-0.25, -0.2) is 4.79 Å². The highest BCUT2D eigenvalue weighted by Gasteiger charge is 2.05. The van der Waals surface area contributed by atoms with Gasteiger partial charge in [-0.2, -0.15) is 0 Å². The molecule has 0 heterocycles. The van der Waals surface area contributed by atoms with Crippen LogP contribution in [0.5, 0.6) is 11.5 Å². The van der Waals surface area contributed by atoms with Crippen LogP contribution >= 0.6 is 0 Å². The third-order valence-electron chi connectivity index (χ3n) is 3.05. The molecular formula is C18H20O4. The maximum absolute atomic E-state index is 11.2. The monoisotopic (exact) mass is 300 g/mol. The number of fused-ring (bicyclic) bond motifs is 1. The van der Waals surface area contributed by atoms with Crippen LogP contribution in [0.25, 0.3) is 10.8 Å². The zero-order chi connectivity index (χ0) is 15.9. The third-order valence-corrected chi connectivity index (χ3v) is 3.05. The molecule has 0 aliphatic carbocycles. The predicted octanol–water partition coefficient (Wildman–Crippen LogP) is 3.74. The van der Waals surface area contributed by atoms with E-state index in [2.05, 4.69) is 6.58 Å². The van der Waals surface area contributed by atoms with E-state index < -0.39 is 5.97 Å². The number of esters is 1. The number of rotatable bonds is 7. The molecule has 0 unspecified atom stereocenters.